The van der Waals surface area contributed by atoms with Gasteiger partial charge in [-0.15, -0.1) is 11.3 Å². The fraction of sp³-hybridized carbons (Fsp3) is 0.467. The number of carbonyl (C=O) groups is 2. The molecule has 226 valence electrons. The van der Waals surface area contributed by atoms with Gasteiger partial charge in [0.05, 0.1) is 28.2 Å². The summed E-state index contributed by atoms with van der Waals surface area (Å²) in [6.07, 6.45) is 6.52. The fourth-order valence-electron chi connectivity index (χ4n) is 4.60. The molecule has 1 aromatic carbocycles. The topological polar surface area (TPSA) is 135 Å². The van der Waals surface area contributed by atoms with Crippen LogP contribution in [0.2, 0.25) is 0 Å². The average molecular weight is 612 g/mol. The van der Waals surface area contributed by atoms with Crippen LogP contribution in [0.5, 0.6) is 0 Å². The maximum absolute atomic E-state index is 13.5. The number of rotatable bonds is 8. The quantitative estimate of drug-likeness (QED) is 0.235. The number of hydrogen-bond donors (Lipinski definition) is 3. The van der Waals surface area contributed by atoms with Crippen LogP contribution < -0.4 is 16.0 Å². The highest BCUT2D eigenvalue weighted by Gasteiger charge is 2.26. The number of pyridine rings is 1. The van der Waals surface area contributed by atoms with Crippen molar-refractivity contribution in [1.29, 1.82) is 0 Å². The van der Waals surface area contributed by atoms with Crippen molar-refractivity contribution in [3.8, 4) is 10.4 Å². The summed E-state index contributed by atoms with van der Waals surface area (Å²) in [5, 5.41) is 9.61. The summed E-state index contributed by atoms with van der Waals surface area (Å²) in [6.45, 7) is 9.65. The van der Waals surface area contributed by atoms with Crippen LogP contribution in [0.4, 0.5) is 15.3 Å². The molecular weight excluding hydrogens is 573 g/mol. The molecule has 2 aromatic heterocycles. The Balaban J connectivity index is 1.48. The normalized spacial score (nSPS) is 18.0. The minimum atomic E-state index is -1.66. The Labute approximate surface area is 253 Å². The molecule has 0 unspecified atom stereocenters. The SMILES string of the molecule is CC(C)OC(=O)NC1CCC(c2ncc(-c3ccc(NC(=O)NCc4ccccn4)cc3[S-](=O)=NC(C)(C)C)s2)CC1. The zero-order chi connectivity index (χ0) is 30.3. The lowest BCUT2D eigenvalue weighted by atomic mass is 9.86. The van der Waals surface area contributed by atoms with Gasteiger partial charge in [0, 0.05) is 35.6 Å². The second kappa shape index (κ2) is 14.1. The lowest BCUT2D eigenvalue weighted by Crippen LogP contribution is -2.38. The Morgan fingerprint density at radius 3 is 2.55 bits per heavy atom. The molecule has 10 nitrogen and oxygen atoms in total. The lowest BCUT2D eigenvalue weighted by molar-refractivity contribution is 0.109. The molecule has 0 spiro atoms. The first-order valence-electron chi connectivity index (χ1n) is 14.1. The van der Waals surface area contributed by atoms with Gasteiger partial charge in [-0.25, -0.2) is 14.6 Å². The third-order valence-corrected chi connectivity index (χ3v) is 9.09. The molecule has 4 rings (SSSR count). The highest BCUT2D eigenvalue weighted by Crippen LogP contribution is 2.39. The van der Waals surface area contributed by atoms with Crippen molar-refractivity contribution in [3.05, 3.63) is 59.5 Å². The smallest absolute Gasteiger partial charge is 0.407 e. The predicted molar refractivity (Wildman–Crippen MR) is 166 cm³/mol. The van der Waals surface area contributed by atoms with E-state index in [1.165, 1.54) is 0 Å². The van der Waals surface area contributed by atoms with Gasteiger partial charge in [0.2, 0.25) is 0 Å². The van der Waals surface area contributed by atoms with E-state index in [0.717, 1.165) is 46.8 Å². The molecule has 0 aliphatic heterocycles. The minimum absolute atomic E-state index is 0.0983. The maximum Gasteiger partial charge on any atom is 0.407 e. The van der Waals surface area contributed by atoms with E-state index in [4.69, 9.17) is 9.72 Å². The first-order valence-corrected chi connectivity index (χ1v) is 16.1. The zero-order valence-electron chi connectivity index (χ0n) is 24.7. The molecule has 12 heteroatoms. The van der Waals surface area contributed by atoms with E-state index < -0.39 is 16.1 Å². The van der Waals surface area contributed by atoms with Crippen LogP contribution >= 0.6 is 11.3 Å². The zero-order valence-corrected chi connectivity index (χ0v) is 26.3. The number of benzene rings is 1. The Morgan fingerprint density at radius 2 is 1.88 bits per heavy atom. The molecule has 3 aromatic rings. The predicted octanol–water partition coefficient (Wildman–Crippen LogP) is 6.99. The highest BCUT2D eigenvalue weighted by atomic mass is 32.2. The number of thiazole rings is 1. The average Bonchev–Trinajstić information content (AvgIpc) is 3.42. The summed E-state index contributed by atoms with van der Waals surface area (Å²) in [5.74, 6) is 0.292. The summed E-state index contributed by atoms with van der Waals surface area (Å²) in [4.78, 5) is 34.9. The van der Waals surface area contributed by atoms with Crippen molar-refractivity contribution in [2.24, 2.45) is 4.36 Å². The van der Waals surface area contributed by atoms with Crippen LogP contribution in [-0.4, -0.2) is 39.8 Å². The standard InChI is InChI=1S/C30H39N6O4S2/c1-19(2)40-29(38)35-21-11-9-20(10-12-21)27-32-18-25(41-27)24-14-13-22(16-26(24)42(39)36-30(3,4)5)34-28(37)33-17-23-8-6-7-15-31-23/h6-8,13-16,18-21H,9-12,17H2,1-5H3,(H,35,38)(H2,33,34,37)/q-1. The van der Waals surface area contributed by atoms with Crippen LogP contribution in [0.3, 0.4) is 0 Å². The summed E-state index contributed by atoms with van der Waals surface area (Å²) >= 11 is 1.59. The number of ether oxygens (including phenoxy) is 1. The highest BCUT2D eigenvalue weighted by molar-refractivity contribution is 7.75. The monoisotopic (exact) mass is 611 g/mol. The lowest BCUT2D eigenvalue weighted by Gasteiger charge is -2.28. The van der Waals surface area contributed by atoms with E-state index in [1.807, 2.05) is 65.1 Å². The number of alkyl carbamates (subject to hydrolysis) is 1. The summed E-state index contributed by atoms with van der Waals surface area (Å²) in [7, 11) is -1.66. The Hall–Kier alpha value is -3.51. The van der Waals surface area contributed by atoms with Gasteiger partial charge < -0.3 is 29.3 Å². The Kier molecular flexibility index (Phi) is 10.6. The second-order valence-corrected chi connectivity index (χ2v) is 13.7. The van der Waals surface area contributed by atoms with E-state index in [0.29, 0.717) is 16.5 Å². The van der Waals surface area contributed by atoms with Crippen LogP contribution in [0.1, 0.15) is 76.9 Å². The van der Waals surface area contributed by atoms with E-state index in [9.17, 15) is 13.8 Å². The number of hydrogen-bond acceptors (Lipinski definition) is 9. The Morgan fingerprint density at radius 1 is 1.12 bits per heavy atom. The Bertz CT molecular complexity index is 1450. The van der Waals surface area contributed by atoms with Crippen molar-refractivity contribution < 1.29 is 18.5 Å². The maximum atomic E-state index is 13.5. The van der Waals surface area contributed by atoms with Gasteiger partial charge in [0.1, 0.15) is 0 Å². The first-order chi connectivity index (χ1) is 20.0. The molecule has 3 amide bonds. The molecule has 1 aliphatic carbocycles. The minimum Gasteiger partial charge on any atom is -0.447 e. The molecule has 1 aliphatic rings. The number of urea groups is 1. The summed E-state index contributed by atoms with van der Waals surface area (Å²) in [6, 6.07) is 10.6. The van der Waals surface area contributed by atoms with E-state index in [1.54, 1.807) is 29.7 Å². The van der Waals surface area contributed by atoms with Crippen LogP contribution in [0.25, 0.3) is 10.4 Å². The number of amides is 3. The molecular formula is C30H39N6O4S2-. The van der Waals surface area contributed by atoms with Crippen LogP contribution in [-0.2, 0) is 26.1 Å². The van der Waals surface area contributed by atoms with Crippen molar-refractivity contribution in [2.75, 3.05) is 5.32 Å². The fourth-order valence-corrected chi connectivity index (χ4v) is 6.98. The van der Waals surface area contributed by atoms with Gasteiger partial charge in [-0.1, -0.05) is 23.1 Å². The van der Waals surface area contributed by atoms with Gasteiger partial charge in [0.25, 0.3) is 0 Å². The van der Waals surface area contributed by atoms with Crippen LogP contribution in [0.15, 0.2) is 58.1 Å². The number of carbonyl (C=O) groups excluding carboxylic acids is 2. The van der Waals surface area contributed by atoms with Crippen molar-refractivity contribution >= 4 is 39.7 Å². The largest absolute Gasteiger partial charge is 0.447 e. The van der Waals surface area contributed by atoms with Crippen molar-refractivity contribution in [1.82, 2.24) is 20.6 Å². The van der Waals surface area contributed by atoms with Crippen LogP contribution in [0, 0.1) is 0 Å². The van der Waals surface area contributed by atoms with Gasteiger partial charge >= 0.3 is 12.1 Å². The van der Waals surface area contributed by atoms with E-state index in [2.05, 4.69) is 25.3 Å². The molecule has 42 heavy (non-hydrogen) atoms. The molecule has 0 atom stereocenters. The van der Waals surface area contributed by atoms with Gasteiger partial charge in [0.15, 0.2) is 0 Å². The molecule has 0 saturated heterocycles. The third kappa shape index (κ3) is 9.25. The number of nitrogens with one attached hydrogen (secondary N) is 3. The summed E-state index contributed by atoms with van der Waals surface area (Å²) in [5.41, 5.74) is 1.51. The van der Waals surface area contributed by atoms with Gasteiger partial charge in [-0.2, -0.15) is 10.6 Å². The van der Waals surface area contributed by atoms with Crippen molar-refractivity contribution in [3.63, 3.8) is 0 Å². The number of nitrogens with zero attached hydrogens (tertiary/aromatic N) is 3. The second-order valence-electron chi connectivity index (χ2n) is 11.6. The first kappa shape index (κ1) is 31.4. The van der Waals surface area contributed by atoms with Gasteiger partial charge in [-0.05, 0) is 84.1 Å². The van der Waals surface area contributed by atoms with Gasteiger partial charge in [-0.3, -0.25) is 4.98 Å². The number of aromatic nitrogens is 2. The molecule has 1 fully saturated rings. The molecule has 1 saturated carbocycles. The number of anilines is 1. The molecule has 3 N–H and O–H groups in total. The molecule has 2 heterocycles. The third-order valence-electron chi connectivity index (χ3n) is 6.47. The van der Waals surface area contributed by atoms with Crippen molar-refractivity contribution in [2.45, 2.75) is 95.3 Å². The van der Waals surface area contributed by atoms with E-state index in [-0.39, 0.29) is 30.8 Å². The molecule has 0 bridgehead atoms. The molecule has 0 radical (unpaired) electrons. The van der Waals surface area contributed by atoms with E-state index >= 15 is 0 Å². The summed E-state index contributed by atoms with van der Waals surface area (Å²) < 4.78 is 23.1.